The normalized spacial score (nSPS) is 19.5. The molecule has 3 aromatic carbocycles. The number of piperazine rings is 1. The summed E-state index contributed by atoms with van der Waals surface area (Å²) in [5.74, 6) is -0.457. The molecule has 2 atom stereocenters. The number of nitro groups is 1. The van der Waals surface area contributed by atoms with Crippen LogP contribution in [0.1, 0.15) is 11.1 Å². The van der Waals surface area contributed by atoms with Crippen LogP contribution in [-0.4, -0.2) is 82.0 Å². The molecule has 3 aromatic rings. The molecule has 2 aliphatic heterocycles. The Bertz CT molecular complexity index is 1410. The fraction of sp³-hybridized carbons (Fsp3) is 0.296. The molecule has 38 heavy (non-hydrogen) atoms. The lowest BCUT2D eigenvalue weighted by molar-refractivity contribution is -0.384. The standard InChI is InChI=1S/C27H28N6O5/c1-28-27(36)29(2)31-17-25(34)32-23(14-18-10-12-21(13-11-18)33(37)38)26(35)30(16-24(31)32)15-20-8-5-7-19-6-3-4-9-22(19)20/h3-13,23-24H,14-17H2,1-2H3,(H,28,36)/t23-,24+/m0/s1. The number of carbonyl (C=O) groups excluding carboxylic acids is 3. The Kier molecular flexibility index (Phi) is 6.68. The third kappa shape index (κ3) is 4.52. The van der Waals surface area contributed by atoms with Crippen LogP contribution in [0.2, 0.25) is 0 Å². The van der Waals surface area contributed by atoms with Gasteiger partial charge < -0.3 is 15.1 Å². The molecule has 11 nitrogen and oxygen atoms in total. The van der Waals surface area contributed by atoms with E-state index in [2.05, 4.69) is 5.32 Å². The Morgan fingerprint density at radius 1 is 1.08 bits per heavy atom. The molecule has 2 saturated heterocycles. The molecule has 0 radical (unpaired) electrons. The molecule has 0 spiro atoms. The molecule has 196 valence electrons. The fourth-order valence-electron chi connectivity index (χ4n) is 5.34. The number of carbonyl (C=O) groups is 3. The van der Waals surface area contributed by atoms with Gasteiger partial charge in [-0.15, -0.1) is 0 Å². The highest BCUT2D eigenvalue weighted by atomic mass is 16.6. The number of nitrogens with one attached hydrogen (secondary N) is 1. The Balaban J connectivity index is 1.50. The van der Waals surface area contributed by atoms with Crippen LogP contribution >= 0.6 is 0 Å². The van der Waals surface area contributed by atoms with E-state index in [0.29, 0.717) is 12.1 Å². The second-order valence-corrected chi connectivity index (χ2v) is 9.46. The van der Waals surface area contributed by atoms with E-state index in [1.165, 1.54) is 24.2 Å². The van der Waals surface area contributed by atoms with Crippen molar-refractivity contribution < 1.29 is 19.3 Å². The summed E-state index contributed by atoms with van der Waals surface area (Å²) in [6.45, 7) is 0.527. The number of fused-ring (bicyclic) bond motifs is 2. The number of amides is 4. The van der Waals surface area contributed by atoms with Crippen LogP contribution in [0.25, 0.3) is 10.8 Å². The zero-order valence-electron chi connectivity index (χ0n) is 21.1. The molecule has 5 rings (SSSR count). The van der Waals surface area contributed by atoms with Crippen molar-refractivity contribution in [3.05, 3.63) is 88.0 Å². The van der Waals surface area contributed by atoms with Gasteiger partial charge in [-0.3, -0.25) is 24.7 Å². The number of rotatable bonds is 6. The predicted octanol–water partition coefficient (Wildman–Crippen LogP) is 2.36. The maximum Gasteiger partial charge on any atom is 0.331 e. The van der Waals surface area contributed by atoms with Gasteiger partial charge in [-0.05, 0) is 21.9 Å². The van der Waals surface area contributed by atoms with Gasteiger partial charge in [0.25, 0.3) is 5.69 Å². The van der Waals surface area contributed by atoms with E-state index < -0.39 is 17.1 Å². The third-order valence-electron chi connectivity index (χ3n) is 7.28. The van der Waals surface area contributed by atoms with E-state index in [1.54, 1.807) is 34.0 Å². The molecule has 2 aliphatic rings. The molecule has 2 heterocycles. The quantitative estimate of drug-likeness (QED) is 0.397. The Labute approximate surface area is 219 Å². The minimum Gasteiger partial charge on any atom is -0.340 e. The molecule has 0 aromatic heterocycles. The minimum absolute atomic E-state index is 0.0409. The molecule has 4 amide bonds. The summed E-state index contributed by atoms with van der Waals surface area (Å²) in [7, 11) is 3.11. The van der Waals surface area contributed by atoms with Crippen molar-refractivity contribution in [1.29, 1.82) is 0 Å². The first-order chi connectivity index (χ1) is 18.3. The van der Waals surface area contributed by atoms with Crippen molar-refractivity contribution >= 4 is 34.3 Å². The summed E-state index contributed by atoms with van der Waals surface area (Å²) in [6.07, 6.45) is -0.344. The minimum atomic E-state index is -0.819. The maximum absolute atomic E-state index is 13.9. The number of hydrazine groups is 1. The lowest BCUT2D eigenvalue weighted by Gasteiger charge is -2.45. The Hall–Kier alpha value is -4.51. The van der Waals surface area contributed by atoms with Gasteiger partial charge in [0.2, 0.25) is 11.8 Å². The monoisotopic (exact) mass is 516 g/mol. The molecule has 11 heteroatoms. The number of nitro benzene ring substituents is 1. The van der Waals surface area contributed by atoms with Gasteiger partial charge in [-0.25, -0.2) is 4.79 Å². The first-order valence-electron chi connectivity index (χ1n) is 12.3. The first kappa shape index (κ1) is 25.2. The van der Waals surface area contributed by atoms with Crippen LogP contribution in [-0.2, 0) is 22.6 Å². The van der Waals surface area contributed by atoms with Crippen LogP contribution in [0.15, 0.2) is 66.7 Å². The summed E-state index contributed by atoms with van der Waals surface area (Å²) in [6, 6.07) is 18.7. The van der Waals surface area contributed by atoms with Gasteiger partial charge >= 0.3 is 6.03 Å². The SMILES string of the molecule is CNC(=O)N(C)N1CC(=O)N2[C@@H](Cc3ccc([N+](=O)[O-])cc3)C(=O)N(Cc3cccc4ccccc34)C[C@@H]21. The molecule has 0 aliphatic carbocycles. The van der Waals surface area contributed by atoms with Crippen LogP contribution in [0.5, 0.6) is 0 Å². The Morgan fingerprint density at radius 3 is 2.50 bits per heavy atom. The first-order valence-corrected chi connectivity index (χ1v) is 12.3. The van der Waals surface area contributed by atoms with E-state index >= 15 is 0 Å². The molecule has 0 saturated carbocycles. The summed E-state index contributed by atoms with van der Waals surface area (Å²) in [4.78, 5) is 53.5. The third-order valence-corrected chi connectivity index (χ3v) is 7.28. The van der Waals surface area contributed by atoms with E-state index in [1.807, 2.05) is 42.5 Å². The second kappa shape index (κ2) is 10.1. The highest BCUT2D eigenvalue weighted by Crippen LogP contribution is 2.31. The van der Waals surface area contributed by atoms with Gasteiger partial charge in [-0.2, -0.15) is 5.01 Å². The van der Waals surface area contributed by atoms with Gasteiger partial charge in [0.05, 0.1) is 18.0 Å². The van der Waals surface area contributed by atoms with Crippen molar-refractivity contribution in [2.75, 3.05) is 27.2 Å². The number of nitrogens with zero attached hydrogens (tertiary/aromatic N) is 5. The smallest absolute Gasteiger partial charge is 0.331 e. The highest BCUT2D eigenvalue weighted by molar-refractivity contribution is 5.92. The topological polar surface area (TPSA) is 119 Å². The number of hydrogen-bond acceptors (Lipinski definition) is 6. The van der Waals surface area contributed by atoms with E-state index in [4.69, 9.17) is 0 Å². The van der Waals surface area contributed by atoms with Crippen LogP contribution < -0.4 is 5.32 Å². The fourth-order valence-corrected chi connectivity index (χ4v) is 5.34. The van der Waals surface area contributed by atoms with Crippen molar-refractivity contribution in [2.45, 2.75) is 25.2 Å². The summed E-state index contributed by atoms with van der Waals surface area (Å²) >= 11 is 0. The van der Waals surface area contributed by atoms with Crippen LogP contribution in [0, 0.1) is 10.1 Å². The molecule has 0 unspecified atom stereocenters. The van der Waals surface area contributed by atoms with Gasteiger partial charge in [0, 0.05) is 39.2 Å². The molecule has 1 N–H and O–H groups in total. The van der Waals surface area contributed by atoms with Crippen molar-refractivity contribution in [1.82, 2.24) is 25.1 Å². The van der Waals surface area contributed by atoms with Crippen molar-refractivity contribution in [2.24, 2.45) is 0 Å². The van der Waals surface area contributed by atoms with E-state index in [-0.39, 0.29) is 43.0 Å². The molecular formula is C27H28N6O5. The highest BCUT2D eigenvalue weighted by Gasteiger charge is 2.51. The van der Waals surface area contributed by atoms with Crippen molar-refractivity contribution in [3.8, 4) is 0 Å². The molecular weight excluding hydrogens is 488 g/mol. The summed E-state index contributed by atoms with van der Waals surface area (Å²) in [5.41, 5.74) is 1.63. The summed E-state index contributed by atoms with van der Waals surface area (Å²) in [5, 5.41) is 18.8. The molecule has 2 fully saturated rings. The van der Waals surface area contributed by atoms with Crippen molar-refractivity contribution in [3.63, 3.8) is 0 Å². The average molecular weight is 517 g/mol. The van der Waals surface area contributed by atoms with Crippen LogP contribution in [0.4, 0.5) is 10.5 Å². The van der Waals surface area contributed by atoms with Gasteiger partial charge in [-0.1, -0.05) is 54.6 Å². The maximum atomic E-state index is 13.9. The molecule has 0 bridgehead atoms. The lowest BCUT2D eigenvalue weighted by Crippen LogP contribution is -2.65. The van der Waals surface area contributed by atoms with E-state index in [0.717, 1.165) is 16.3 Å². The number of hydrogen-bond donors (Lipinski definition) is 1. The zero-order chi connectivity index (χ0) is 27.0. The van der Waals surface area contributed by atoms with Gasteiger partial charge in [0.1, 0.15) is 12.2 Å². The predicted molar refractivity (Wildman–Crippen MR) is 140 cm³/mol. The number of urea groups is 1. The lowest BCUT2D eigenvalue weighted by atomic mass is 9.99. The number of benzene rings is 3. The Morgan fingerprint density at radius 2 is 1.79 bits per heavy atom. The van der Waals surface area contributed by atoms with Crippen LogP contribution in [0.3, 0.4) is 0 Å². The zero-order valence-corrected chi connectivity index (χ0v) is 21.1. The van der Waals surface area contributed by atoms with Gasteiger partial charge in [0.15, 0.2) is 0 Å². The second-order valence-electron chi connectivity index (χ2n) is 9.46. The average Bonchev–Trinajstić information content (AvgIpc) is 3.26. The largest absolute Gasteiger partial charge is 0.340 e. The van der Waals surface area contributed by atoms with E-state index in [9.17, 15) is 24.5 Å². The number of non-ortho nitro benzene ring substituents is 1. The summed E-state index contributed by atoms with van der Waals surface area (Å²) < 4.78 is 0.